The summed E-state index contributed by atoms with van der Waals surface area (Å²) in [6, 6.07) is 66.9. The second kappa shape index (κ2) is 12.8. The molecule has 0 radical (unpaired) electrons. The molecule has 6 nitrogen and oxygen atoms in total. The Morgan fingerprint density at radius 1 is 0.371 bits per heavy atom. The number of nitrogens with zero attached hydrogens (tertiary/aromatic N) is 4. The minimum atomic E-state index is 0.529. The van der Waals surface area contributed by atoms with Gasteiger partial charge in [-0.05, 0) is 90.0 Å². The molecule has 0 saturated carbocycles. The summed E-state index contributed by atoms with van der Waals surface area (Å²) in [5.74, 6) is 0. The summed E-state index contributed by atoms with van der Waals surface area (Å²) in [5, 5.41) is 29.4. The summed E-state index contributed by atoms with van der Waals surface area (Å²) in [6.07, 6.45) is 0. The van der Waals surface area contributed by atoms with Gasteiger partial charge >= 0.3 is 0 Å². The van der Waals surface area contributed by atoms with Crippen LogP contribution in [0.5, 0.6) is 0 Å². The Balaban J connectivity index is 1.16. The van der Waals surface area contributed by atoms with E-state index in [1.807, 2.05) is 66.7 Å². The van der Waals surface area contributed by atoms with Crippen molar-refractivity contribution in [2.45, 2.75) is 0 Å². The number of rotatable bonds is 4. The molecule has 0 spiro atoms. The average Bonchev–Trinajstić information content (AvgIpc) is 4.08. The molecular formula is C56H30N4O2. The standard InChI is InChI=1S/C56H30N4O2/c57-31-34-11-1-2-12-37(34)33-21-22-35(32-58)45(29-33)38-24-23-36(59-46-17-7-3-15-43(46)53-48(59)27-25-41-39-13-5-9-19-51(39)61-55(41)53)30-50(38)60-47-18-8-4-16-44(47)54-49(60)28-26-42-40-14-6-10-20-52(40)62-56(42)54/h1-30H. The molecule has 0 unspecified atom stereocenters. The van der Waals surface area contributed by atoms with E-state index < -0.39 is 0 Å². The number of furan rings is 2. The largest absolute Gasteiger partial charge is 0.455 e. The molecule has 0 atom stereocenters. The molecule has 13 rings (SSSR count). The third-order valence-electron chi connectivity index (χ3n) is 12.6. The lowest BCUT2D eigenvalue weighted by Crippen LogP contribution is -2.02. The van der Waals surface area contributed by atoms with Crippen LogP contribution in [0.4, 0.5) is 0 Å². The maximum Gasteiger partial charge on any atom is 0.145 e. The van der Waals surface area contributed by atoms with E-state index >= 15 is 0 Å². The fraction of sp³-hybridized carbons (Fsp3) is 0. The van der Waals surface area contributed by atoms with Crippen molar-refractivity contribution in [2.75, 3.05) is 0 Å². The summed E-state index contributed by atoms with van der Waals surface area (Å²) >= 11 is 0. The smallest absolute Gasteiger partial charge is 0.145 e. The van der Waals surface area contributed by atoms with Crippen LogP contribution < -0.4 is 0 Å². The molecule has 286 valence electrons. The Bertz CT molecular complexity index is 4140. The number of hydrogen-bond donors (Lipinski definition) is 0. The zero-order valence-electron chi connectivity index (χ0n) is 32.9. The van der Waals surface area contributed by atoms with Gasteiger partial charge in [0.1, 0.15) is 22.3 Å². The quantitative estimate of drug-likeness (QED) is 0.178. The normalized spacial score (nSPS) is 11.8. The van der Waals surface area contributed by atoms with Crippen LogP contribution in [-0.4, -0.2) is 9.13 Å². The average molecular weight is 791 g/mol. The van der Waals surface area contributed by atoms with Gasteiger partial charge in [-0.1, -0.05) is 103 Å². The van der Waals surface area contributed by atoms with E-state index in [1.165, 1.54) is 0 Å². The van der Waals surface area contributed by atoms with Crippen molar-refractivity contribution in [3.8, 4) is 45.8 Å². The topological polar surface area (TPSA) is 83.7 Å². The minimum absolute atomic E-state index is 0.529. The van der Waals surface area contributed by atoms with Crippen molar-refractivity contribution in [1.82, 2.24) is 9.13 Å². The molecular weight excluding hydrogens is 761 g/mol. The Morgan fingerprint density at radius 3 is 1.55 bits per heavy atom. The van der Waals surface area contributed by atoms with Crippen molar-refractivity contribution >= 4 is 87.5 Å². The SMILES string of the molecule is N#Cc1ccccc1-c1ccc(C#N)c(-c2ccc(-n3c4ccccc4c4c5oc6ccccc6c5ccc43)cc2-n2c3ccccc3c3c4oc5ccccc5c4ccc32)c1. The lowest BCUT2D eigenvalue weighted by Gasteiger charge is -2.19. The van der Waals surface area contributed by atoms with Gasteiger partial charge in [0.2, 0.25) is 0 Å². The van der Waals surface area contributed by atoms with Gasteiger partial charge in [0.15, 0.2) is 0 Å². The molecule has 62 heavy (non-hydrogen) atoms. The number of benzene rings is 9. The highest BCUT2D eigenvalue weighted by Gasteiger charge is 2.24. The molecule has 0 saturated heterocycles. The second-order valence-corrected chi connectivity index (χ2v) is 15.8. The van der Waals surface area contributed by atoms with Gasteiger partial charge in [0.25, 0.3) is 0 Å². The highest BCUT2D eigenvalue weighted by Crippen LogP contribution is 2.45. The molecule has 0 aliphatic heterocycles. The van der Waals surface area contributed by atoms with Crippen molar-refractivity contribution in [3.05, 3.63) is 193 Å². The van der Waals surface area contributed by atoms with E-state index in [-0.39, 0.29) is 0 Å². The molecule has 0 aliphatic carbocycles. The summed E-state index contributed by atoms with van der Waals surface area (Å²) in [5.41, 5.74) is 13.7. The number of aromatic nitrogens is 2. The second-order valence-electron chi connectivity index (χ2n) is 15.8. The Hall–Kier alpha value is -8.84. The van der Waals surface area contributed by atoms with Gasteiger partial charge in [0, 0.05) is 49.1 Å². The van der Waals surface area contributed by atoms with Gasteiger partial charge in [-0.3, -0.25) is 0 Å². The fourth-order valence-electron chi connectivity index (χ4n) is 9.94. The van der Waals surface area contributed by atoms with Crippen LogP contribution in [0.15, 0.2) is 191 Å². The van der Waals surface area contributed by atoms with Crippen molar-refractivity contribution < 1.29 is 8.83 Å². The first-order valence-electron chi connectivity index (χ1n) is 20.5. The number of para-hydroxylation sites is 4. The van der Waals surface area contributed by atoms with E-state index in [9.17, 15) is 10.5 Å². The lowest BCUT2D eigenvalue weighted by molar-refractivity contribution is 0.672. The van der Waals surface area contributed by atoms with Gasteiger partial charge in [0.05, 0.1) is 61.8 Å². The monoisotopic (exact) mass is 790 g/mol. The molecule has 0 amide bonds. The lowest BCUT2D eigenvalue weighted by atomic mass is 9.92. The summed E-state index contributed by atoms with van der Waals surface area (Å²) in [6.45, 7) is 0. The first-order valence-corrected chi connectivity index (χ1v) is 20.5. The van der Waals surface area contributed by atoms with E-state index in [0.29, 0.717) is 11.1 Å². The van der Waals surface area contributed by atoms with E-state index in [2.05, 4.69) is 137 Å². The molecule has 0 N–H and O–H groups in total. The summed E-state index contributed by atoms with van der Waals surface area (Å²) in [4.78, 5) is 0. The van der Waals surface area contributed by atoms with E-state index in [0.717, 1.165) is 121 Å². The Kier molecular flexibility index (Phi) is 7.05. The minimum Gasteiger partial charge on any atom is -0.455 e. The molecule has 0 fully saturated rings. The van der Waals surface area contributed by atoms with Crippen LogP contribution in [-0.2, 0) is 0 Å². The van der Waals surface area contributed by atoms with E-state index in [4.69, 9.17) is 8.83 Å². The molecule has 4 heterocycles. The zero-order chi connectivity index (χ0) is 41.1. The highest BCUT2D eigenvalue weighted by molar-refractivity contribution is 6.25. The van der Waals surface area contributed by atoms with Crippen molar-refractivity contribution in [2.24, 2.45) is 0 Å². The predicted octanol–water partition coefficient (Wildman–Crippen LogP) is 14.8. The van der Waals surface area contributed by atoms with Crippen LogP contribution in [0.2, 0.25) is 0 Å². The Morgan fingerprint density at radius 2 is 0.903 bits per heavy atom. The van der Waals surface area contributed by atoms with Gasteiger partial charge in [-0.25, -0.2) is 0 Å². The molecule has 6 heteroatoms. The van der Waals surface area contributed by atoms with Crippen molar-refractivity contribution in [3.63, 3.8) is 0 Å². The third kappa shape index (κ3) is 4.66. The van der Waals surface area contributed by atoms with Crippen LogP contribution >= 0.6 is 0 Å². The van der Waals surface area contributed by atoms with Gasteiger partial charge in [-0.2, -0.15) is 10.5 Å². The first-order chi connectivity index (χ1) is 30.7. The summed E-state index contributed by atoms with van der Waals surface area (Å²) in [7, 11) is 0. The number of nitriles is 2. The zero-order valence-corrected chi connectivity index (χ0v) is 32.9. The first kappa shape index (κ1) is 34.1. The number of fused-ring (bicyclic) bond motifs is 14. The van der Waals surface area contributed by atoms with Crippen LogP contribution in [0.25, 0.3) is 121 Å². The van der Waals surface area contributed by atoms with Crippen LogP contribution in [0.3, 0.4) is 0 Å². The number of hydrogen-bond acceptors (Lipinski definition) is 4. The highest BCUT2D eigenvalue weighted by atomic mass is 16.3. The molecule has 9 aromatic carbocycles. The fourth-order valence-corrected chi connectivity index (χ4v) is 9.94. The molecule has 0 aliphatic rings. The van der Waals surface area contributed by atoms with Crippen LogP contribution in [0, 0.1) is 22.7 Å². The molecule has 0 bridgehead atoms. The summed E-state index contributed by atoms with van der Waals surface area (Å²) < 4.78 is 18.0. The van der Waals surface area contributed by atoms with Crippen LogP contribution in [0.1, 0.15) is 11.1 Å². The molecule has 13 aromatic rings. The molecule has 4 aromatic heterocycles. The van der Waals surface area contributed by atoms with Gasteiger partial charge < -0.3 is 18.0 Å². The predicted molar refractivity (Wildman–Crippen MR) is 250 cm³/mol. The van der Waals surface area contributed by atoms with E-state index in [1.54, 1.807) is 0 Å². The van der Waals surface area contributed by atoms with Crippen molar-refractivity contribution in [1.29, 1.82) is 10.5 Å². The maximum absolute atomic E-state index is 10.7. The Labute approximate surface area is 353 Å². The maximum atomic E-state index is 10.7. The van der Waals surface area contributed by atoms with Gasteiger partial charge in [-0.15, -0.1) is 0 Å². The third-order valence-corrected chi connectivity index (χ3v) is 12.6.